The van der Waals surface area contributed by atoms with E-state index >= 15 is 0 Å². The van der Waals surface area contributed by atoms with Crippen molar-refractivity contribution in [2.45, 2.75) is 6.92 Å². The van der Waals surface area contributed by atoms with Crippen molar-refractivity contribution in [2.75, 3.05) is 11.9 Å². The lowest BCUT2D eigenvalue weighted by Gasteiger charge is -2.06. The minimum absolute atomic E-state index is 0.00484. The standard InChI is InChI=1S/C17H13BrN2O3S/c1-2-23-17(22)12-3-5-14(6-4-12)20-16(21)13(9-19)7-11-8-15(18)24-10-11/h3-8,10H,2H2,1H3,(H,20,21)/b13-7+. The molecule has 0 saturated carbocycles. The number of thiophene rings is 1. The van der Waals surface area contributed by atoms with Crippen molar-refractivity contribution >= 4 is 50.9 Å². The van der Waals surface area contributed by atoms with Crippen molar-refractivity contribution in [1.82, 2.24) is 0 Å². The van der Waals surface area contributed by atoms with Crippen LogP contribution in [0.5, 0.6) is 0 Å². The zero-order valence-corrected chi connectivity index (χ0v) is 15.1. The average molecular weight is 405 g/mol. The Morgan fingerprint density at radius 3 is 2.62 bits per heavy atom. The first-order valence-corrected chi connectivity index (χ1v) is 8.65. The summed E-state index contributed by atoms with van der Waals surface area (Å²) >= 11 is 4.80. The number of benzene rings is 1. The van der Waals surface area contributed by atoms with Crippen molar-refractivity contribution in [3.63, 3.8) is 0 Å². The first-order valence-electron chi connectivity index (χ1n) is 6.98. The van der Waals surface area contributed by atoms with Gasteiger partial charge < -0.3 is 10.1 Å². The number of carbonyl (C=O) groups excluding carboxylic acids is 2. The minimum atomic E-state index is -0.510. The van der Waals surface area contributed by atoms with Gasteiger partial charge in [-0.15, -0.1) is 11.3 Å². The molecule has 0 aliphatic carbocycles. The zero-order chi connectivity index (χ0) is 17.5. The molecule has 7 heteroatoms. The largest absolute Gasteiger partial charge is 0.462 e. The summed E-state index contributed by atoms with van der Waals surface area (Å²) in [5.74, 6) is -0.931. The first-order chi connectivity index (χ1) is 11.5. The van der Waals surface area contributed by atoms with Crippen molar-refractivity contribution in [3.8, 4) is 6.07 Å². The fraction of sp³-hybridized carbons (Fsp3) is 0.118. The van der Waals surface area contributed by atoms with Crippen LogP contribution in [0.4, 0.5) is 5.69 Å². The van der Waals surface area contributed by atoms with Crippen molar-refractivity contribution in [1.29, 1.82) is 5.26 Å². The quantitative estimate of drug-likeness (QED) is 0.459. The molecule has 1 N–H and O–H groups in total. The third-order valence-electron chi connectivity index (χ3n) is 2.92. The van der Waals surface area contributed by atoms with Crippen LogP contribution < -0.4 is 5.32 Å². The number of ether oxygens (including phenoxy) is 1. The summed E-state index contributed by atoms with van der Waals surface area (Å²) in [5.41, 5.74) is 1.65. The normalized spacial score (nSPS) is 10.8. The number of nitrogens with one attached hydrogen (secondary N) is 1. The van der Waals surface area contributed by atoms with E-state index in [0.717, 1.165) is 9.35 Å². The average Bonchev–Trinajstić information content (AvgIpc) is 2.98. The SMILES string of the molecule is CCOC(=O)c1ccc(NC(=O)/C(C#N)=C/c2csc(Br)c2)cc1. The second-order valence-corrected chi connectivity index (χ2v) is 6.90. The van der Waals surface area contributed by atoms with Crippen LogP contribution in [0.2, 0.25) is 0 Å². The van der Waals surface area contributed by atoms with Gasteiger partial charge in [-0.25, -0.2) is 4.79 Å². The highest BCUT2D eigenvalue weighted by atomic mass is 79.9. The monoisotopic (exact) mass is 404 g/mol. The Bertz CT molecular complexity index is 819. The van der Waals surface area contributed by atoms with Gasteiger partial charge in [0.25, 0.3) is 5.91 Å². The summed E-state index contributed by atoms with van der Waals surface area (Å²) in [6.45, 7) is 2.03. The number of carbonyl (C=O) groups is 2. The Morgan fingerprint density at radius 1 is 1.38 bits per heavy atom. The maximum Gasteiger partial charge on any atom is 0.338 e. The van der Waals surface area contributed by atoms with Crippen LogP contribution in [0, 0.1) is 11.3 Å². The lowest BCUT2D eigenvalue weighted by molar-refractivity contribution is -0.112. The van der Waals surface area contributed by atoms with Gasteiger partial charge in [0.1, 0.15) is 11.6 Å². The number of anilines is 1. The Balaban J connectivity index is 2.09. The lowest BCUT2D eigenvalue weighted by Crippen LogP contribution is -2.13. The fourth-order valence-electron chi connectivity index (χ4n) is 1.82. The molecule has 1 heterocycles. The van der Waals surface area contributed by atoms with Gasteiger partial charge in [0, 0.05) is 5.69 Å². The molecule has 0 aliphatic heterocycles. The van der Waals surface area contributed by atoms with Crippen LogP contribution in [-0.4, -0.2) is 18.5 Å². The summed E-state index contributed by atoms with van der Waals surface area (Å²) < 4.78 is 5.81. The molecule has 5 nitrogen and oxygen atoms in total. The van der Waals surface area contributed by atoms with Crippen LogP contribution in [-0.2, 0) is 9.53 Å². The van der Waals surface area contributed by atoms with E-state index in [1.54, 1.807) is 31.2 Å². The van der Waals surface area contributed by atoms with E-state index in [2.05, 4.69) is 21.2 Å². The summed E-state index contributed by atoms with van der Waals surface area (Å²) in [4.78, 5) is 23.7. The van der Waals surface area contributed by atoms with E-state index in [-0.39, 0.29) is 5.57 Å². The van der Waals surface area contributed by atoms with Gasteiger partial charge in [0.2, 0.25) is 0 Å². The van der Waals surface area contributed by atoms with Gasteiger partial charge >= 0.3 is 5.97 Å². The molecule has 0 aliphatic rings. The van der Waals surface area contributed by atoms with Gasteiger partial charge in [-0.05, 0) is 70.2 Å². The molecule has 1 aromatic heterocycles. The lowest BCUT2D eigenvalue weighted by atomic mass is 10.1. The summed E-state index contributed by atoms with van der Waals surface area (Å²) in [6, 6.07) is 9.99. The smallest absolute Gasteiger partial charge is 0.338 e. The molecule has 0 bridgehead atoms. The molecule has 0 spiro atoms. The highest BCUT2D eigenvalue weighted by Crippen LogP contribution is 2.22. The highest BCUT2D eigenvalue weighted by molar-refractivity contribution is 9.11. The molecule has 0 fully saturated rings. The molecule has 0 radical (unpaired) electrons. The van der Waals surface area contributed by atoms with Gasteiger partial charge in [-0.1, -0.05) is 0 Å². The van der Waals surface area contributed by atoms with Gasteiger partial charge in [0.15, 0.2) is 0 Å². The van der Waals surface area contributed by atoms with Crippen LogP contribution in [0.3, 0.4) is 0 Å². The molecule has 2 aromatic rings. The second kappa shape index (κ2) is 8.43. The fourth-order valence-corrected chi connectivity index (χ4v) is 2.95. The predicted octanol–water partition coefficient (Wildman–Crippen LogP) is 4.23. The molecular formula is C17H13BrN2O3S. The number of rotatable bonds is 5. The van der Waals surface area contributed by atoms with Crippen LogP contribution in [0.15, 0.2) is 45.1 Å². The Kier molecular flexibility index (Phi) is 6.29. The number of amides is 1. The van der Waals surface area contributed by atoms with Crippen LogP contribution >= 0.6 is 27.3 Å². The minimum Gasteiger partial charge on any atom is -0.462 e. The molecule has 0 saturated heterocycles. The third kappa shape index (κ3) is 4.78. The molecule has 122 valence electrons. The van der Waals surface area contributed by atoms with Crippen LogP contribution in [0.1, 0.15) is 22.8 Å². The van der Waals surface area contributed by atoms with E-state index in [4.69, 9.17) is 10.00 Å². The summed E-state index contributed by atoms with van der Waals surface area (Å²) in [5, 5.41) is 13.6. The number of nitrogens with zero attached hydrogens (tertiary/aromatic N) is 1. The van der Waals surface area contributed by atoms with E-state index in [1.165, 1.54) is 17.4 Å². The molecule has 2 rings (SSSR count). The number of hydrogen-bond acceptors (Lipinski definition) is 5. The van der Waals surface area contributed by atoms with E-state index < -0.39 is 11.9 Å². The highest BCUT2D eigenvalue weighted by Gasteiger charge is 2.11. The van der Waals surface area contributed by atoms with Crippen molar-refractivity contribution < 1.29 is 14.3 Å². The molecule has 24 heavy (non-hydrogen) atoms. The van der Waals surface area contributed by atoms with E-state index in [1.807, 2.05) is 17.5 Å². The van der Waals surface area contributed by atoms with E-state index in [0.29, 0.717) is 17.9 Å². The van der Waals surface area contributed by atoms with Crippen molar-refractivity contribution in [3.05, 3.63) is 56.2 Å². The molecule has 1 amide bonds. The topological polar surface area (TPSA) is 79.2 Å². The van der Waals surface area contributed by atoms with Gasteiger partial charge in [-0.2, -0.15) is 5.26 Å². The molecule has 0 unspecified atom stereocenters. The maximum absolute atomic E-state index is 12.2. The zero-order valence-electron chi connectivity index (χ0n) is 12.7. The third-order valence-corrected chi connectivity index (χ3v) is 4.44. The Labute approximate surface area is 151 Å². The Hall–Kier alpha value is -2.43. The summed E-state index contributed by atoms with van der Waals surface area (Å²) in [7, 11) is 0. The second-order valence-electron chi connectivity index (χ2n) is 4.61. The molecular weight excluding hydrogens is 392 g/mol. The number of hydrogen-bond donors (Lipinski definition) is 1. The number of nitriles is 1. The molecule has 0 atom stereocenters. The molecule has 1 aromatic carbocycles. The van der Waals surface area contributed by atoms with E-state index in [9.17, 15) is 9.59 Å². The number of halogens is 1. The predicted molar refractivity (Wildman–Crippen MR) is 96.6 cm³/mol. The first kappa shape index (κ1) is 17.9. The van der Waals surface area contributed by atoms with Crippen LogP contribution in [0.25, 0.3) is 6.08 Å². The maximum atomic E-state index is 12.2. The van der Waals surface area contributed by atoms with Crippen molar-refractivity contribution in [2.24, 2.45) is 0 Å². The van der Waals surface area contributed by atoms with Gasteiger partial charge in [0.05, 0.1) is 16.0 Å². The number of esters is 1. The summed E-state index contributed by atoms with van der Waals surface area (Å²) in [6.07, 6.45) is 1.52. The Morgan fingerprint density at radius 2 is 2.08 bits per heavy atom. The van der Waals surface area contributed by atoms with Gasteiger partial charge in [-0.3, -0.25) is 4.79 Å².